The Morgan fingerprint density at radius 2 is 1.48 bits per heavy atom. The zero-order valence-electron chi connectivity index (χ0n) is 21.3. The van der Waals surface area contributed by atoms with Gasteiger partial charge in [-0.1, -0.05) is 83.3 Å². The van der Waals surface area contributed by atoms with Crippen LogP contribution in [0.15, 0.2) is 17.1 Å². The zero-order valence-corrected chi connectivity index (χ0v) is 21.3. The number of carbonyl (C=O) groups is 1. The van der Waals surface area contributed by atoms with Crippen molar-refractivity contribution in [3.8, 4) is 0 Å². The largest absolute Gasteiger partial charge is 0.307 e. The molecule has 0 aromatic carbocycles. The van der Waals surface area contributed by atoms with Crippen molar-refractivity contribution in [2.24, 2.45) is 4.99 Å². The van der Waals surface area contributed by atoms with Crippen LogP contribution in [0.2, 0.25) is 0 Å². The van der Waals surface area contributed by atoms with Crippen LogP contribution in [-0.4, -0.2) is 42.0 Å². The molecular formula is C27H52N3O+. The van der Waals surface area contributed by atoms with E-state index in [0.29, 0.717) is 0 Å². The number of hydrogen-bond acceptors (Lipinski definition) is 2. The summed E-state index contributed by atoms with van der Waals surface area (Å²) in [5.41, 5.74) is 0. The lowest BCUT2D eigenvalue weighted by Gasteiger charge is -2.39. The van der Waals surface area contributed by atoms with Crippen LogP contribution in [0.5, 0.6) is 0 Å². The maximum Gasteiger partial charge on any atom is 0.221 e. The second-order valence-corrected chi connectivity index (χ2v) is 9.44. The van der Waals surface area contributed by atoms with Crippen molar-refractivity contribution in [3.63, 3.8) is 0 Å². The van der Waals surface area contributed by atoms with E-state index in [-0.39, 0.29) is 12.1 Å². The van der Waals surface area contributed by atoms with Crippen LogP contribution in [0.4, 0.5) is 0 Å². The molecule has 1 rings (SSSR count). The molecule has 0 aromatic rings. The zero-order chi connectivity index (χ0) is 22.8. The van der Waals surface area contributed by atoms with Crippen molar-refractivity contribution in [2.75, 3.05) is 19.6 Å². The van der Waals surface area contributed by atoms with Crippen molar-refractivity contribution >= 4 is 11.7 Å². The van der Waals surface area contributed by atoms with Crippen molar-refractivity contribution in [3.05, 3.63) is 12.2 Å². The minimum atomic E-state index is 0.0595. The number of nitrogens with zero attached hydrogens (tertiary/aromatic N) is 2. The molecule has 31 heavy (non-hydrogen) atoms. The molecule has 4 heteroatoms. The van der Waals surface area contributed by atoms with E-state index < -0.39 is 0 Å². The molecule has 180 valence electrons. The Morgan fingerprint density at radius 1 is 0.935 bits per heavy atom. The predicted molar refractivity (Wildman–Crippen MR) is 135 cm³/mol. The molecule has 0 fully saturated rings. The number of amides is 1. The molecule has 4 nitrogen and oxygen atoms in total. The van der Waals surface area contributed by atoms with E-state index in [2.05, 4.69) is 38.2 Å². The molecule has 1 heterocycles. The summed E-state index contributed by atoms with van der Waals surface area (Å²) in [6.45, 7) is 11.2. The Morgan fingerprint density at radius 3 is 2.03 bits per heavy atom. The summed E-state index contributed by atoms with van der Waals surface area (Å²) in [4.78, 5) is 16.4. The average molecular weight is 435 g/mol. The third-order valence-electron chi connectivity index (χ3n) is 6.92. The number of likely N-dealkylation sites (N-methyl/N-ethyl adjacent to an activating group) is 1. The quantitative estimate of drug-likeness (QED) is 0.131. The van der Waals surface area contributed by atoms with Crippen LogP contribution in [0.25, 0.3) is 0 Å². The van der Waals surface area contributed by atoms with E-state index in [1.165, 1.54) is 95.7 Å². The minimum absolute atomic E-state index is 0.0595. The highest BCUT2D eigenvalue weighted by atomic mass is 16.1. The summed E-state index contributed by atoms with van der Waals surface area (Å²) in [6.07, 6.45) is 24.8. The van der Waals surface area contributed by atoms with Crippen molar-refractivity contribution in [2.45, 2.75) is 130 Å². The normalized spacial score (nSPS) is 19.7. The Labute approximate surface area is 193 Å². The van der Waals surface area contributed by atoms with Crippen molar-refractivity contribution < 1.29 is 9.28 Å². The maximum absolute atomic E-state index is 11.5. The van der Waals surface area contributed by atoms with Gasteiger partial charge in [-0.3, -0.25) is 9.28 Å². The molecule has 0 saturated carbocycles. The number of allylic oxidation sites excluding steroid dienone is 2. The van der Waals surface area contributed by atoms with Gasteiger partial charge < -0.3 is 5.32 Å². The third-order valence-corrected chi connectivity index (χ3v) is 6.92. The predicted octanol–water partition coefficient (Wildman–Crippen LogP) is 7.14. The smallest absolute Gasteiger partial charge is 0.221 e. The molecule has 0 radical (unpaired) electrons. The van der Waals surface area contributed by atoms with Gasteiger partial charge in [-0.15, -0.1) is 0 Å². The maximum atomic E-state index is 11.5. The fourth-order valence-electron chi connectivity index (χ4n) is 4.92. The highest BCUT2D eigenvalue weighted by molar-refractivity contribution is 5.78. The lowest BCUT2D eigenvalue weighted by molar-refractivity contribution is -0.861. The van der Waals surface area contributed by atoms with E-state index in [4.69, 9.17) is 4.99 Å². The van der Waals surface area contributed by atoms with E-state index in [1.54, 1.807) is 6.92 Å². The van der Waals surface area contributed by atoms with Gasteiger partial charge in [0.05, 0.1) is 13.1 Å². The van der Waals surface area contributed by atoms with Gasteiger partial charge in [0.15, 0.2) is 12.0 Å². The average Bonchev–Trinajstić information content (AvgIpc) is 3.17. The number of nitrogens with one attached hydrogen (secondary N) is 1. The van der Waals surface area contributed by atoms with Gasteiger partial charge >= 0.3 is 0 Å². The second kappa shape index (κ2) is 17.4. The van der Waals surface area contributed by atoms with Gasteiger partial charge in [0, 0.05) is 20.3 Å². The molecule has 0 saturated heterocycles. The number of aliphatic imine (C=N–C) groups is 1. The third kappa shape index (κ3) is 11.3. The summed E-state index contributed by atoms with van der Waals surface area (Å²) in [7, 11) is 0. The number of rotatable bonds is 19. The standard InChI is InChI=1S/C27H51N3O/c1-5-7-8-9-10-11-12-13-14-15-16-17-18-19-20-21-22-27-28-23-24-30(27,6-2)25(3)29-26(4)31/h8-9,25H,5-7,10-24H2,1-4H3/p+1/b9-8+. The molecule has 1 aliphatic rings. The topological polar surface area (TPSA) is 41.5 Å². The number of quaternary nitrogens is 1. The van der Waals surface area contributed by atoms with Crippen LogP contribution in [0.3, 0.4) is 0 Å². The highest BCUT2D eigenvalue weighted by Crippen LogP contribution is 2.23. The Kier molecular flexibility index (Phi) is 15.6. The van der Waals surface area contributed by atoms with Crippen LogP contribution in [0, 0.1) is 0 Å². The lowest BCUT2D eigenvalue weighted by atomic mass is 10.0. The Hall–Kier alpha value is -1.16. The van der Waals surface area contributed by atoms with Gasteiger partial charge in [-0.05, 0) is 32.6 Å². The molecule has 1 aliphatic heterocycles. The fraction of sp³-hybridized carbons (Fsp3) is 0.852. The van der Waals surface area contributed by atoms with Crippen LogP contribution >= 0.6 is 0 Å². The summed E-state index contributed by atoms with van der Waals surface area (Å²) in [5, 5.41) is 3.11. The van der Waals surface area contributed by atoms with Crippen molar-refractivity contribution in [1.29, 1.82) is 0 Å². The van der Waals surface area contributed by atoms with E-state index >= 15 is 0 Å². The molecule has 2 atom stereocenters. The highest BCUT2D eigenvalue weighted by Gasteiger charge is 2.41. The van der Waals surface area contributed by atoms with Gasteiger partial charge in [0.1, 0.15) is 6.54 Å². The number of hydrogen-bond donors (Lipinski definition) is 1. The molecule has 1 amide bonds. The Bertz CT molecular complexity index is 529. The first-order valence-corrected chi connectivity index (χ1v) is 13.4. The number of unbranched alkanes of at least 4 members (excludes halogenated alkanes) is 12. The van der Waals surface area contributed by atoms with Crippen LogP contribution in [-0.2, 0) is 4.79 Å². The molecule has 0 aliphatic carbocycles. The molecule has 2 unspecified atom stereocenters. The lowest BCUT2D eigenvalue weighted by Crippen LogP contribution is -2.62. The monoisotopic (exact) mass is 434 g/mol. The van der Waals surface area contributed by atoms with Gasteiger partial charge in [-0.25, -0.2) is 4.99 Å². The number of amidine groups is 1. The van der Waals surface area contributed by atoms with Gasteiger partial charge in [0.2, 0.25) is 5.91 Å². The first-order valence-electron chi connectivity index (χ1n) is 13.4. The minimum Gasteiger partial charge on any atom is -0.307 e. The Balaban J connectivity index is 2.02. The molecular weight excluding hydrogens is 382 g/mol. The second-order valence-electron chi connectivity index (χ2n) is 9.44. The van der Waals surface area contributed by atoms with Crippen molar-refractivity contribution in [1.82, 2.24) is 5.32 Å². The molecule has 0 aromatic heterocycles. The van der Waals surface area contributed by atoms with E-state index in [1.807, 2.05) is 0 Å². The number of carbonyl (C=O) groups excluding carboxylic acids is 1. The summed E-state index contributed by atoms with van der Waals surface area (Å²) in [6, 6.07) is 0. The van der Waals surface area contributed by atoms with Gasteiger partial charge in [-0.2, -0.15) is 0 Å². The SMILES string of the molecule is CCC/C=C/CCCCCCCCCCCCCC1=NCC[N+]1(CC)C(C)NC(C)=O. The summed E-state index contributed by atoms with van der Waals surface area (Å²) < 4.78 is 0.856. The van der Waals surface area contributed by atoms with E-state index in [9.17, 15) is 4.79 Å². The van der Waals surface area contributed by atoms with Crippen LogP contribution in [0.1, 0.15) is 124 Å². The first-order chi connectivity index (χ1) is 15.1. The van der Waals surface area contributed by atoms with Crippen LogP contribution < -0.4 is 5.32 Å². The van der Waals surface area contributed by atoms with E-state index in [0.717, 1.165) is 30.5 Å². The molecule has 0 bridgehead atoms. The fourth-order valence-corrected chi connectivity index (χ4v) is 4.92. The molecule has 0 spiro atoms. The summed E-state index contributed by atoms with van der Waals surface area (Å²) in [5.74, 6) is 1.37. The summed E-state index contributed by atoms with van der Waals surface area (Å²) >= 11 is 0. The first kappa shape index (κ1) is 27.9. The molecule has 1 N–H and O–H groups in total. The van der Waals surface area contributed by atoms with Gasteiger partial charge in [0.25, 0.3) is 0 Å².